The summed E-state index contributed by atoms with van der Waals surface area (Å²) in [6.45, 7) is 18.8. The SMILES string of the molecule is CC(=O)OC1CCC2(C)C3CCC4C5(C)CCC(O)C(C)(C)C5CC5OC54CC3(C)CCC2C1(C)C. The fraction of sp³-hybridized carbons (Fsp3) is 0.969. The zero-order chi connectivity index (χ0) is 26.1. The first-order valence-corrected chi connectivity index (χ1v) is 15.1. The molecule has 36 heavy (non-hydrogen) atoms. The number of carbonyl (C=O) groups is 1. The molecule has 0 aromatic rings. The zero-order valence-electron chi connectivity index (χ0n) is 24.3. The lowest BCUT2D eigenvalue weighted by atomic mass is 9.41. The van der Waals surface area contributed by atoms with E-state index in [2.05, 4.69) is 48.5 Å². The molecule has 1 aliphatic heterocycles. The van der Waals surface area contributed by atoms with E-state index in [9.17, 15) is 9.90 Å². The minimum absolute atomic E-state index is 0.0105. The molecule has 1 N–H and O–H groups in total. The smallest absolute Gasteiger partial charge is 0.302 e. The van der Waals surface area contributed by atoms with E-state index in [1.807, 2.05) is 0 Å². The van der Waals surface area contributed by atoms with Crippen molar-refractivity contribution in [3.8, 4) is 0 Å². The lowest BCUT2D eigenvalue weighted by molar-refractivity contribution is -0.193. The number of rotatable bonds is 1. The fourth-order valence-corrected chi connectivity index (χ4v) is 12.4. The zero-order valence-corrected chi connectivity index (χ0v) is 24.3. The van der Waals surface area contributed by atoms with E-state index in [-0.39, 0.29) is 45.4 Å². The first kappa shape index (κ1) is 25.7. The van der Waals surface area contributed by atoms with Gasteiger partial charge in [0, 0.05) is 12.3 Å². The van der Waals surface area contributed by atoms with Crippen molar-refractivity contribution in [2.45, 2.75) is 144 Å². The Hall–Kier alpha value is -0.610. The molecule has 0 bridgehead atoms. The summed E-state index contributed by atoms with van der Waals surface area (Å²) in [5.74, 6) is 2.29. The minimum atomic E-state index is -0.193. The Bertz CT molecular complexity index is 940. The average molecular weight is 501 g/mol. The Labute approximate surface area is 219 Å². The van der Waals surface area contributed by atoms with Crippen LogP contribution >= 0.6 is 0 Å². The highest BCUT2D eigenvalue weighted by atomic mass is 16.6. The number of aliphatic hydroxyl groups is 1. The second-order valence-corrected chi connectivity index (χ2v) is 16.3. The number of fused-ring (bicyclic) bond motifs is 5. The van der Waals surface area contributed by atoms with Crippen LogP contribution in [0.25, 0.3) is 0 Å². The second-order valence-electron chi connectivity index (χ2n) is 16.3. The Morgan fingerprint density at radius 3 is 2.11 bits per heavy atom. The van der Waals surface area contributed by atoms with Crippen LogP contribution in [0.15, 0.2) is 0 Å². The van der Waals surface area contributed by atoms with E-state index in [1.165, 1.54) is 38.5 Å². The molecule has 0 radical (unpaired) electrons. The third-order valence-corrected chi connectivity index (χ3v) is 14.0. The van der Waals surface area contributed by atoms with Crippen molar-refractivity contribution in [2.75, 3.05) is 0 Å². The summed E-state index contributed by atoms with van der Waals surface area (Å²) in [6, 6.07) is 0. The number of hydrogen-bond acceptors (Lipinski definition) is 4. The van der Waals surface area contributed by atoms with Gasteiger partial charge in [0.25, 0.3) is 0 Å². The summed E-state index contributed by atoms with van der Waals surface area (Å²) in [6.07, 6.45) is 11.9. The van der Waals surface area contributed by atoms with Crippen molar-refractivity contribution in [3.63, 3.8) is 0 Å². The maximum atomic E-state index is 11.9. The number of ether oxygens (including phenoxy) is 2. The van der Waals surface area contributed by atoms with Gasteiger partial charge in [-0.05, 0) is 110 Å². The van der Waals surface area contributed by atoms with Gasteiger partial charge in [-0.15, -0.1) is 0 Å². The maximum Gasteiger partial charge on any atom is 0.302 e. The van der Waals surface area contributed by atoms with Gasteiger partial charge in [-0.1, -0.05) is 48.5 Å². The molecular formula is C32H52O4. The number of esters is 1. The van der Waals surface area contributed by atoms with Crippen LogP contribution in [0.1, 0.15) is 120 Å². The molecule has 4 nitrogen and oxygen atoms in total. The van der Waals surface area contributed by atoms with Crippen LogP contribution in [0.2, 0.25) is 0 Å². The van der Waals surface area contributed by atoms with Crippen LogP contribution in [0.4, 0.5) is 0 Å². The van der Waals surface area contributed by atoms with Crippen molar-refractivity contribution in [1.29, 1.82) is 0 Å². The Kier molecular flexibility index (Phi) is 5.36. The lowest BCUT2D eigenvalue weighted by Crippen LogP contribution is -2.60. The normalized spacial score (nSPS) is 56.5. The van der Waals surface area contributed by atoms with Crippen LogP contribution in [0.5, 0.6) is 0 Å². The van der Waals surface area contributed by atoms with E-state index in [0.717, 1.165) is 25.7 Å². The lowest BCUT2D eigenvalue weighted by Gasteiger charge is -2.64. The summed E-state index contributed by atoms with van der Waals surface area (Å²) in [5, 5.41) is 11.0. The molecule has 6 rings (SSSR count). The molecule has 1 saturated heterocycles. The van der Waals surface area contributed by atoms with E-state index < -0.39 is 0 Å². The van der Waals surface area contributed by atoms with Crippen molar-refractivity contribution < 1.29 is 19.4 Å². The highest BCUT2D eigenvalue weighted by Crippen LogP contribution is 2.76. The van der Waals surface area contributed by atoms with Crippen molar-refractivity contribution in [3.05, 3.63) is 0 Å². The van der Waals surface area contributed by atoms with Crippen LogP contribution in [-0.4, -0.2) is 35.0 Å². The molecule has 4 heteroatoms. The van der Waals surface area contributed by atoms with Crippen LogP contribution in [0.3, 0.4) is 0 Å². The topological polar surface area (TPSA) is 59.1 Å². The van der Waals surface area contributed by atoms with E-state index in [4.69, 9.17) is 9.47 Å². The monoisotopic (exact) mass is 500 g/mol. The van der Waals surface area contributed by atoms with Crippen LogP contribution in [-0.2, 0) is 14.3 Å². The van der Waals surface area contributed by atoms with Crippen molar-refractivity contribution in [1.82, 2.24) is 0 Å². The average Bonchev–Trinajstić information content (AvgIpc) is 3.48. The first-order valence-electron chi connectivity index (χ1n) is 15.1. The molecule has 0 amide bonds. The van der Waals surface area contributed by atoms with Gasteiger partial charge in [0.1, 0.15) is 6.10 Å². The number of carbonyl (C=O) groups excluding carboxylic acids is 1. The van der Waals surface area contributed by atoms with Gasteiger partial charge in [0.05, 0.1) is 17.8 Å². The van der Waals surface area contributed by atoms with E-state index in [1.54, 1.807) is 6.92 Å². The third-order valence-electron chi connectivity index (χ3n) is 14.0. The maximum absolute atomic E-state index is 11.9. The molecular weight excluding hydrogens is 448 g/mol. The molecule has 6 aliphatic rings. The quantitative estimate of drug-likeness (QED) is 0.313. The molecule has 1 heterocycles. The van der Waals surface area contributed by atoms with Crippen molar-refractivity contribution >= 4 is 5.97 Å². The highest BCUT2D eigenvalue weighted by molar-refractivity contribution is 5.66. The summed E-state index contributed by atoms with van der Waals surface area (Å²) in [5.41, 5.74) is 0.893. The summed E-state index contributed by atoms with van der Waals surface area (Å²) < 4.78 is 12.8. The van der Waals surface area contributed by atoms with Gasteiger partial charge in [0.2, 0.25) is 0 Å². The summed E-state index contributed by atoms with van der Waals surface area (Å²) in [4.78, 5) is 11.9. The summed E-state index contributed by atoms with van der Waals surface area (Å²) >= 11 is 0. The van der Waals surface area contributed by atoms with Gasteiger partial charge in [0.15, 0.2) is 0 Å². The Balaban J connectivity index is 1.34. The highest BCUT2D eigenvalue weighted by Gasteiger charge is 2.76. The van der Waals surface area contributed by atoms with Crippen molar-refractivity contribution in [2.24, 2.45) is 50.7 Å². The van der Waals surface area contributed by atoms with Gasteiger partial charge >= 0.3 is 5.97 Å². The summed E-state index contributed by atoms with van der Waals surface area (Å²) in [7, 11) is 0. The van der Waals surface area contributed by atoms with E-state index in [0.29, 0.717) is 35.2 Å². The molecule has 11 atom stereocenters. The molecule has 5 aliphatic carbocycles. The van der Waals surface area contributed by atoms with Crippen LogP contribution < -0.4 is 0 Å². The Morgan fingerprint density at radius 2 is 1.42 bits per heavy atom. The predicted octanol–water partition coefficient (Wildman–Crippen LogP) is 6.92. The number of aliphatic hydroxyl groups excluding tert-OH is 1. The molecule has 11 unspecified atom stereocenters. The number of epoxide rings is 1. The van der Waals surface area contributed by atoms with E-state index >= 15 is 0 Å². The minimum Gasteiger partial charge on any atom is -0.462 e. The van der Waals surface area contributed by atoms with Gasteiger partial charge in [-0.25, -0.2) is 0 Å². The largest absolute Gasteiger partial charge is 0.462 e. The Morgan fingerprint density at radius 1 is 0.778 bits per heavy atom. The first-order chi connectivity index (χ1) is 16.6. The molecule has 0 aromatic carbocycles. The molecule has 6 fully saturated rings. The third kappa shape index (κ3) is 3.15. The van der Waals surface area contributed by atoms with Gasteiger partial charge < -0.3 is 14.6 Å². The molecule has 5 saturated carbocycles. The second kappa shape index (κ2) is 7.52. The predicted molar refractivity (Wildman–Crippen MR) is 141 cm³/mol. The number of hydrogen-bond donors (Lipinski definition) is 1. The fourth-order valence-electron chi connectivity index (χ4n) is 12.4. The van der Waals surface area contributed by atoms with Gasteiger partial charge in [-0.2, -0.15) is 0 Å². The molecule has 204 valence electrons. The standard InChI is InChI=1S/C32H52O4/c1-19(33)35-25-13-16-30(7)20(28(25,4)5)11-14-29(6)18-32-22(10-9-21(29)30)31(8)15-12-24(34)27(2,3)23(31)17-26(32)36-32/h20-26,34H,9-18H2,1-8H3. The molecule has 0 aromatic heterocycles. The van der Waals surface area contributed by atoms with Crippen LogP contribution in [0, 0.1) is 50.7 Å². The van der Waals surface area contributed by atoms with Gasteiger partial charge in [-0.3, -0.25) is 4.79 Å². The molecule has 1 spiro atoms.